The summed E-state index contributed by atoms with van der Waals surface area (Å²) in [5, 5.41) is 2.07. The van der Waals surface area contributed by atoms with Crippen molar-refractivity contribution in [3.8, 4) is 0 Å². The number of rotatable bonds is 3. The summed E-state index contributed by atoms with van der Waals surface area (Å²) in [5.74, 6) is -2.24. The number of halogens is 2. The van der Waals surface area contributed by atoms with Gasteiger partial charge in [0.25, 0.3) is 0 Å². The molecule has 0 bridgehead atoms. The minimum Gasteiger partial charge on any atom is -0.295 e. The van der Waals surface area contributed by atoms with Gasteiger partial charge in [-0.15, -0.1) is 0 Å². The molecule has 108 valence electrons. The minimum absolute atomic E-state index is 0.0159. The van der Waals surface area contributed by atoms with Gasteiger partial charge >= 0.3 is 0 Å². The van der Waals surface area contributed by atoms with E-state index < -0.39 is 38.6 Å². The molecule has 1 aliphatic heterocycles. The van der Waals surface area contributed by atoms with Crippen LogP contribution in [-0.2, 0) is 19.6 Å². The fraction of sp³-hybridized carbons (Fsp3) is 0.273. The van der Waals surface area contributed by atoms with Gasteiger partial charge in [-0.3, -0.25) is 14.9 Å². The van der Waals surface area contributed by atoms with Crippen molar-refractivity contribution in [2.24, 2.45) is 0 Å². The molecule has 20 heavy (non-hydrogen) atoms. The molecular formula is C11H10ClFN2O4S. The number of hydrogen-bond acceptors (Lipinski definition) is 4. The molecule has 0 spiro atoms. The zero-order chi connectivity index (χ0) is 14.9. The Morgan fingerprint density at radius 3 is 2.65 bits per heavy atom. The lowest BCUT2D eigenvalue weighted by molar-refractivity contribution is -0.134. The third-order valence-corrected chi connectivity index (χ3v) is 4.46. The number of amides is 2. The third-order valence-electron chi connectivity index (χ3n) is 2.72. The number of benzene rings is 1. The summed E-state index contributed by atoms with van der Waals surface area (Å²) in [6, 6.07) is 1.99. The largest absolute Gasteiger partial charge is 0.295 e. The Kier molecular flexibility index (Phi) is 4.07. The van der Waals surface area contributed by atoms with Crippen LogP contribution in [0, 0.1) is 5.82 Å². The van der Waals surface area contributed by atoms with Crippen molar-refractivity contribution >= 4 is 33.4 Å². The molecule has 2 amide bonds. The van der Waals surface area contributed by atoms with Crippen molar-refractivity contribution < 1.29 is 22.4 Å². The molecule has 6 nitrogen and oxygen atoms in total. The second-order valence-electron chi connectivity index (χ2n) is 4.20. The molecule has 1 aliphatic rings. The van der Waals surface area contributed by atoms with Crippen LogP contribution in [0.2, 0.25) is 5.02 Å². The van der Waals surface area contributed by atoms with Gasteiger partial charge in [0.1, 0.15) is 16.8 Å². The van der Waals surface area contributed by atoms with Crippen LogP contribution >= 0.6 is 11.6 Å². The quantitative estimate of drug-likeness (QED) is 0.796. The molecule has 1 heterocycles. The van der Waals surface area contributed by atoms with Crippen LogP contribution in [0.3, 0.4) is 0 Å². The highest BCUT2D eigenvalue weighted by Gasteiger charge is 2.31. The van der Waals surface area contributed by atoms with Crippen LogP contribution in [0.4, 0.5) is 4.39 Å². The number of imide groups is 1. The van der Waals surface area contributed by atoms with E-state index in [1.807, 2.05) is 5.32 Å². The van der Waals surface area contributed by atoms with E-state index in [0.717, 1.165) is 12.1 Å². The predicted molar refractivity (Wildman–Crippen MR) is 67.9 cm³/mol. The highest BCUT2D eigenvalue weighted by molar-refractivity contribution is 7.89. The van der Waals surface area contributed by atoms with E-state index in [9.17, 15) is 22.4 Å². The predicted octanol–water partition coefficient (Wildman–Crippen LogP) is 0.563. The van der Waals surface area contributed by atoms with Crippen molar-refractivity contribution in [3.63, 3.8) is 0 Å². The number of nitrogens with one attached hydrogen (secondary N) is 2. The van der Waals surface area contributed by atoms with Crippen molar-refractivity contribution in [1.29, 1.82) is 0 Å². The molecule has 2 N–H and O–H groups in total. The van der Waals surface area contributed by atoms with Crippen molar-refractivity contribution in [2.75, 3.05) is 0 Å². The zero-order valence-corrected chi connectivity index (χ0v) is 11.6. The Hall–Kier alpha value is -1.51. The van der Waals surface area contributed by atoms with E-state index in [0.29, 0.717) is 0 Å². The van der Waals surface area contributed by atoms with Gasteiger partial charge in [0.05, 0.1) is 0 Å². The van der Waals surface area contributed by atoms with E-state index in [1.54, 1.807) is 0 Å². The van der Waals surface area contributed by atoms with E-state index in [-0.39, 0.29) is 17.9 Å². The Bertz CT molecular complexity index is 677. The molecule has 1 atom stereocenters. The number of piperidine rings is 1. The first-order valence-corrected chi connectivity index (χ1v) is 7.47. The average Bonchev–Trinajstić information content (AvgIpc) is 2.32. The van der Waals surface area contributed by atoms with Crippen LogP contribution < -0.4 is 10.0 Å². The molecule has 0 aliphatic carbocycles. The lowest BCUT2D eigenvalue weighted by Gasteiger charge is -2.21. The SMILES string of the molecule is O=C1CCC(NS(=O)(=O)c2ccc(Cl)cc2F)C(=O)N1. The van der Waals surface area contributed by atoms with Crippen LogP contribution in [0.15, 0.2) is 23.1 Å². The molecule has 0 radical (unpaired) electrons. The summed E-state index contributed by atoms with van der Waals surface area (Å²) >= 11 is 5.54. The molecule has 1 saturated heterocycles. The molecule has 9 heteroatoms. The van der Waals surface area contributed by atoms with Gasteiger partial charge in [-0.05, 0) is 24.6 Å². The van der Waals surface area contributed by atoms with Gasteiger partial charge in [0.2, 0.25) is 21.8 Å². The average molecular weight is 321 g/mol. The topological polar surface area (TPSA) is 92.3 Å². The van der Waals surface area contributed by atoms with Gasteiger partial charge in [-0.2, -0.15) is 4.72 Å². The molecule has 1 aromatic rings. The third kappa shape index (κ3) is 3.14. The Morgan fingerprint density at radius 1 is 1.35 bits per heavy atom. The molecule has 1 aromatic carbocycles. The molecule has 1 fully saturated rings. The van der Waals surface area contributed by atoms with E-state index in [2.05, 4.69) is 4.72 Å². The maximum Gasteiger partial charge on any atom is 0.244 e. The van der Waals surface area contributed by atoms with Crippen molar-refractivity contribution in [1.82, 2.24) is 10.0 Å². The van der Waals surface area contributed by atoms with Crippen LogP contribution in [-0.4, -0.2) is 26.3 Å². The Morgan fingerprint density at radius 2 is 2.05 bits per heavy atom. The standard InChI is InChI=1S/C11H10ClFN2O4S/c12-6-1-3-9(7(13)5-6)20(18,19)15-8-2-4-10(16)14-11(8)17/h1,3,5,8,15H,2,4H2,(H,14,16,17). The van der Waals surface area contributed by atoms with E-state index in [4.69, 9.17) is 11.6 Å². The fourth-order valence-corrected chi connectivity index (χ4v) is 3.20. The highest BCUT2D eigenvalue weighted by Crippen LogP contribution is 2.19. The maximum absolute atomic E-state index is 13.6. The zero-order valence-electron chi connectivity index (χ0n) is 10.0. The van der Waals surface area contributed by atoms with Crippen LogP contribution in [0.25, 0.3) is 0 Å². The monoisotopic (exact) mass is 320 g/mol. The maximum atomic E-state index is 13.6. The minimum atomic E-state index is -4.21. The summed E-state index contributed by atoms with van der Waals surface area (Å²) in [7, 11) is -4.21. The molecule has 2 rings (SSSR count). The molecule has 0 saturated carbocycles. The van der Waals surface area contributed by atoms with Crippen LogP contribution in [0.1, 0.15) is 12.8 Å². The van der Waals surface area contributed by atoms with Gasteiger partial charge < -0.3 is 0 Å². The summed E-state index contributed by atoms with van der Waals surface area (Å²) in [6.45, 7) is 0. The number of hydrogen-bond donors (Lipinski definition) is 2. The molecule has 1 unspecified atom stereocenters. The van der Waals surface area contributed by atoms with E-state index in [1.165, 1.54) is 6.07 Å². The summed E-state index contributed by atoms with van der Waals surface area (Å²) < 4.78 is 39.7. The number of carbonyl (C=O) groups is 2. The van der Waals surface area contributed by atoms with Gasteiger partial charge in [-0.1, -0.05) is 11.6 Å². The van der Waals surface area contributed by atoms with Gasteiger partial charge in [0.15, 0.2) is 0 Å². The van der Waals surface area contributed by atoms with Crippen LogP contribution in [0.5, 0.6) is 0 Å². The Balaban J connectivity index is 2.23. The highest BCUT2D eigenvalue weighted by atomic mass is 35.5. The second kappa shape index (κ2) is 5.47. The molecule has 0 aromatic heterocycles. The fourth-order valence-electron chi connectivity index (χ4n) is 1.75. The number of sulfonamides is 1. The lowest BCUT2D eigenvalue weighted by Crippen LogP contribution is -2.52. The first kappa shape index (κ1) is 14.9. The normalized spacial score (nSPS) is 19.8. The van der Waals surface area contributed by atoms with E-state index >= 15 is 0 Å². The first-order chi connectivity index (χ1) is 9.29. The molecular weight excluding hydrogens is 311 g/mol. The van der Waals surface area contributed by atoms with Gasteiger partial charge in [0, 0.05) is 11.4 Å². The summed E-state index contributed by atoms with van der Waals surface area (Å²) in [4.78, 5) is 21.8. The second-order valence-corrected chi connectivity index (χ2v) is 6.32. The lowest BCUT2D eigenvalue weighted by atomic mass is 10.1. The Labute approximate surface area is 119 Å². The van der Waals surface area contributed by atoms with Gasteiger partial charge in [-0.25, -0.2) is 12.8 Å². The summed E-state index contributed by atoms with van der Waals surface area (Å²) in [5.41, 5.74) is 0. The first-order valence-electron chi connectivity index (χ1n) is 5.60. The number of carbonyl (C=O) groups excluding carboxylic acids is 2. The van der Waals surface area contributed by atoms with Crippen molar-refractivity contribution in [3.05, 3.63) is 29.0 Å². The van der Waals surface area contributed by atoms with Crippen molar-refractivity contribution in [2.45, 2.75) is 23.8 Å². The summed E-state index contributed by atoms with van der Waals surface area (Å²) in [6.07, 6.45) is 0.0428. The smallest absolute Gasteiger partial charge is 0.244 e.